The maximum absolute atomic E-state index is 13.2. The molecule has 0 unspecified atom stereocenters. The highest BCUT2D eigenvalue weighted by molar-refractivity contribution is 7.92. The summed E-state index contributed by atoms with van der Waals surface area (Å²) in [5.41, 5.74) is 3.24. The number of nitrogens with zero attached hydrogens (tertiary/aromatic N) is 1. The van der Waals surface area contributed by atoms with E-state index in [1.807, 2.05) is 24.8 Å². The van der Waals surface area contributed by atoms with E-state index in [0.29, 0.717) is 30.0 Å². The summed E-state index contributed by atoms with van der Waals surface area (Å²) in [5, 5.41) is 2.77. The van der Waals surface area contributed by atoms with Gasteiger partial charge in [-0.05, 0) is 80.3 Å². The van der Waals surface area contributed by atoms with Crippen molar-refractivity contribution in [2.75, 3.05) is 23.1 Å². The summed E-state index contributed by atoms with van der Waals surface area (Å²) in [5.74, 6) is -0.676. The Morgan fingerprint density at radius 2 is 1.57 bits per heavy atom. The van der Waals surface area contributed by atoms with Gasteiger partial charge in [0.25, 0.3) is 21.8 Å². The molecule has 0 atom stereocenters. The summed E-state index contributed by atoms with van der Waals surface area (Å²) in [6, 6.07) is 16.1. The van der Waals surface area contributed by atoms with Crippen LogP contribution in [0.25, 0.3) is 0 Å². The third-order valence-electron chi connectivity index (χ3n) is 6.54. The van der Waals surface area contributed by atoms with E-state index in [-0.39, 0.29) is 21.4 Å². The number of sulfonamides is 1. The third-order valence-corrected chi connectivity index (χ3v) is 8.40. The van der Waals surface area contributed by atoms with E-state index in [1.165, 1.54) is 18.2 Å². The number of carbonyl (C=O) groups excluding carboxylic acids is 2. The number of hydrogen-bond acceptors (Lipinski definition) is 4. The fourth-order valence-electron chi connectivity index (χ4n) is 4.28. The van der Waals surface area contributed by atoms with Gasteiger partial charge in [0, 0.05) is 24.3 Å². The highest BCUT2D eigenvalue weighted by Crippen LogP contribution is 2.27. The molecule has 194 valence electrons. The number of carbonyl (C=O) groups is 2. The zero-order valence-corrected chi connectivity index (χ0v) is 22.5. The van der Waals surface area contributed by atoms with E-state index in [2.05, 4.69) is 10.0 Å². The molecule has 1 fully saturated rings. The third kappa shape index (κ3) is 6.32. The lowest BCUT2D eigenvalue weighted by Crippen LogP contribution is -2.32. The average molecular weight is 540 g/mol. The number of para-hydroxylation sites is 1. The van der Waals surface area contributed by atoms with Gasteiger partial charge in [0.2, 0.25) is 0 Å². The minimum absolute atomic E-state index is 0.00961. The van der Waals surface area contributed by atoms with Gasteiger partial charge < -0.3 is 10.2 Å². The van der Waals surface area contributed by atoms with Gasteiger partial charge in [0.1, 0.15) is 4.90 Å². The zero-order valence-electron chi connectivity index (χ0n) is 20.9. The summed E-state index contributed by atoms with van der Waals surface area (Å²) in [4.78, 5) is 28.0. The zero-order chi connectivity index (χ0) is 26.6. The van der Waals surface area contributed by atoms with Gasteiger partial charge in [-0.1, -0.05) is 42.6 Å². The van der Waals surface area contributed by atoms with Crippen molar-refractivity contribution >= 4 is 44.8 Å². The number of nitrogens with one attached hydrogen (secondary N) is 2. The normalized spacial score (nSPS) is 14.1. The van der Waals surface area contributed by atoms with Gasteiger partial charge in [0.05, 0.1) is 16.3 Å². The Morgan fingerprint density at radius 3 is 2.27 bits per heavy atom. The second-order valence-corrected chi connectivity index (χ2v) is 11.3. The molecule has 0 aromatic heterocycles. The largest absolute Gasteiger partial charge is 0.339 e. The average Bonchev–Trinajstić information content (AvgIpc) is 3.16. The first kappa shape index (κ1) is 26.7. The molecule has 1 aliphatic heterocycles. The second-order valence-electron chi connectivity index (χ2n) is 9.26. The number of benzene rings is 3. The molecular weight excluding hydrogens is 510 g/mol. The highest BCUT2D eigenvalue weighted by Gasteiger charge is 2.23. The van der Waals surface area contributed by atoms with Gasteiger partial charge in [-0.3, -0.25) is 14.3 Å². The van der Waals surface area contributed by atoms with Crippen molar-refractivity contribution in [3.63, 3.8) is 0 Å². The first-order chi connectivity index (χ1) is 17.7. The molecule has 1 heterocycles. The monoisotopic (exact) mass is 539 g/mol. The van der Waals surface area contributed by atoms with Crippen molar-refractivity contribution in [1.82, 2.24) is 4.90 Å². The minimum Gasteiger partial charge on any atom is -0.339 e. The Hall–Kier alpha value is -3.36. The van der Waals surface area contributed by atoms with E-state index in [1.54, 1.807) is 36.4 Å². The molecule has 2 N–H and O–H groups in total. The number of rotatable bonds is 6. The number of aryl methyl sites for hydroxylation is 2. The van der Waals surface area contributed by atoms with Crippen LogP contribution in [-0.2, 0) is 10.0 Å². The molecule has 0 spiro atoms. The predicted octanol–water partition coefficient (Wildman–Crippen LogP) is 6.03. The summed E-state index contributed by atoms with van der Waals surface area (Å²) in [7, 11) is -4.06. The first-order valence-electron chi connectivity index (χ1n) is 12.2. The number of anilines is 2. The SMILES string of the molecule is Cc1ccc(NS(=O)(=O)c2cc(C(=O)Nc3ccccc3C(=O)N3CCCCCC3)ccc2Cl)cc1C. The van der Waals surface area contributed by atoms with Crippen LogP contribution >= 0.6 is 11.6 Å². The van der Waals surface area contributed by atoms with E-state index >= 15 is 0 Å². The van der Waals surface area contributed by atoms with Gasteiger partial charge in [-0.25, -0.2) is 8.42 Å². The van der Waals surface area contributed by atoms with Crippen LogP contribution in [0.1, 0.15) is 57.5 Å². The molecule has 1 aliphatic rings. The second kappa shape index (κ2) is 11.4. The number of halogens is 1. The maximum atomic E-state index is 13.2. The number of likely N-dealkylation sites (tertiary alicyclic amines) is 1. The summed E-state index contributed by atoms with van der Waals surface area (Å²) < 4.78 is 28.8. The van der Waals surface area contributed by atoms with Crippen LogP contribution in [0.4, 0.5) is 11.4 Å². The topological polar surface area (TPSA) is 95.6 Å². The number of amides is 2. The van der Waals surface area contributed by atoms with Crippen molar-refractivity contribution in [1.29, 1.82) is 0 Å². The van der Waals surface area contributed by atoms with Crippen LogP contribution in [0.5, 0.6) is 0 Å². The molecular formula is C28H30ClN3O4S. The van der Waals surface area contributed by atoms with E-state index in [4.69, 9.17) is 11.6 Å². The first-order valence-corrected chi connectivity index (χ1v) is 14.1. The highest BCUT2D eigenvalue weighted by atomic mass is 35.5. The lowest BCUT2D eigenvalue weighted by molar-refractivity contribution is 0.0762. The van der Waals surface area contributed by atoms with Crippen LogP contribution in [0.15, 0.2) is 65.6 Å². The van der Waals surface area contributed by atoms with Crippen molar-refractivity contribution in [3.8, 4) is 0 Å². The van der Waals surface area contributed by atoms with Gasteiger partial charge >= 0.3 is 0 Å². The van der Waals surface area contributed by atoms with Gasteiger partial charge in [-0.15, -0.1) is 0 Å². The Balaban J connectivity index is 1.57. The summed E-state index contributed by atoms with van der Waals surface area (Å²) >= 11 is 6.23. The predicted molar refractivity (Wildman–Crippen MR) is 147 cm³/mol. The van der Waals surface area contributed by atoms with Crippen molar-refractivity contribution < 1.29 is 18.0 Å². The van der Waals surface area contributed by atoms with Crippen LogP contribution < -0.4 is 10.0 Å². The van der Waals surface area contributed by atoms with Crippen LogP contribution in [0, 0.1) is 13.8 Å². The molecule has 7 nitrogen and oxygen atoms in total. The van der Waals surface area contributed by atoms with Crippen LogP contribution in [-0.4, -0.2) is 38.2 Å². The fraction of sp³-hybridized carbons (Fsp3) is 0.286. The van der Waals surface area contributed by atoms with Crippen molar-refractivity contribution in [2.24, 2.45) is 0 Å². The fourth-order valence-corrected chi connectivity index (χ4v) is 5.86. The van der Waals surface area contributed by atoms with E-state index < -0.39 is 15.9 Å². The van der Waals surface area contributed by atoms with Crippen LogP contribution in [0.2, 0.25) is 5.02 Å². The lowest BCUT2D eigenvalue weighted by atomic mass is 10.1. The van der Waals surface area contributed by atoms with Gasteiger partial charge in [-0.2, -0.15) is 0 Å². The van der Waals surface area contributed by atoms with Crippen molar-refractivity contribution in [2.45, 2.75) is 44.4 Å². The lowest BCUT2D eigenvalue weighted by Gasteiger charge is -2.22. The minimum atomic E-state index is -4.06. The van der Waals surface area contributed by atoms with Gasteiger partial charge in [0.15, 0.2) is 0 Å². The van der Waals surface area contributed by atoms with Crippen molar-refractivity contribution in [3.05, 3.63) is 87.9 Å². The molecule has 37 heavy (non-hydrogen) atoms. The molecule has 0 radical (unpaired) electrons. The molecule has 1 saturated heterocycles. The Bertz CT molecular complexity index is 1430. The quantitative estimate of drug-likeness (QED) is 0.400. The number of hydrogen-bond donors (Lipinski definition) is 2. The molecule has 3 aromatic carbocycles. The maximum Gasteiger partial charge on any atom is 0.263 e. The molecule has 0 aliphatic carbocycles. The van der Waals surface area contributed by atoms with Crippen LogP contribution in [0.3, 0.4) is 0 Å². The Kier molecular flexibility index (Phi) is 8.19. The molecule has 3 aromatic rings. The molecule has 0 bridgehead atoms. The summed E-state index contributed by atoms with van der Waals surface area (Å²) in [6.45, 7) is 5.20. The Morgan fingerprint density at radius 1 is 0.865 bits per heavy atom. The molecule has 9 heteroatoms. The van der Waals surface area contributed by atoms with E-state index in [0.717, 1.165) is 36.8 Å². The Labute approximate surface area is 222 Å². The molecule has 4 rings (SSSR count). The molecule has 2 amide bonds. The standard InChI is InChI=1S/C28H30ClN3O4S/c1-19-11-13-22(17-20(19)2)31-37(35,36)26-18-21(12-14-24(26)29)27(33)30-25-10-6-5-9-23(25)28(34)32-15-7-3-4-8-16-32/h5-6,9-14,17-18,31H,3-4,7-8,15-16H2,1-2H3,(H,30,33). The molecule has 0 saturated carbocycles. The smallest absolute Gasteiger partial charge is 0.263 e. The summed E-state index contributed by atoms with van der Waals surface area (Å²) in [6.07, 6.45) is 4.11. The van der Waals surface area contributed by atoms with E-state index in [9.17, 15) is 18.0 Å².